The fraction of sp³-hybridized carbons (Fsp3) is 0.852. The lowest BCUT2D eigenvalue weighted by molar-refractivity contribution is -0.196. The molecule has 0 aliphatic heterocycles. The summed E-state index contributed by atoms with van der Waals surface area (Å²) in [7, 11) is 0. The lowest BCUT2D eigenvalue weighted by atomic mass is 9.43. The highest BCUT2D eigenvalue weighted by Crippen LogP contribution is 2.68. The molecule has 10 atom stereocenters. The molecule has 4 aliphatic carbocycles. The van der Waals surface area contributed by atoms with Gasteiger partial charge in [0.15, 0.2) is 0 Å². The molecule has 0 spiro atoms. The van der Waals surface area contributed by atoms with Gasteiger partial charge in [0.05, 0.1) is 0 Å². The van der Waals surface area contributed by atoms with Crippen molar-refractivity contribution < 1.29 is 19.1 Å². The molecule has 4 heteroatoms. The van der Waals surface area contributed by atoms with Gasteiger partial charge >= 0.3 is 11.9 Å². The van der Waals surface area contributed by atoms with Gasteiger partial charge in [-0.25, -0.2) is 0 Å². The Balaban J connectivity index is 1.65. The maximum absolute atomic E-state index is 12.1. The summed E-state index contributed by atoms with van der Waals surface area (Å²) in [6.07, 6.45) is 11.1. The van der Waals surface area contributed by atoms with Gasteiger partial charge in [-0.2, -0.15) is 0 Å². The van der Waals surface area contributed by atoms with Crippen molar-refractivity contribution in [2.45, 2.75) is 98.2 Å². The molecule has 0 amide bonds. The third-order valence-electron chi connectivity index (χ3n) is 10.3. The van der Waals surface area contributed by atoms with Gasteiger partial charge in [-0.15, -0.1) is 6.58 Å². The van der Waals surface area contributed by atoms with Gasteiger partial charge in [-0.05, 0) is 91.8 Å². The van der Waals surface area contributed by atoms with Crippen LogP contribution < -0.4 is 0 Å². The van der Waals surface area contributed by atoms with E-state index < -0.39 is 0 Å². The van der Waals surface area contributed by atoms with Crippen LogP contribution in [0.1, 0.15) is 86.0 Å². The molecule has 4 rings (SSSR count). The highest BCUT2D eigenvalue weighted by molar-refractivity contribution is 5.66. The molecule has 0 unspecified atom stereocenters. The summed E-state index contributed by atoms with van der Waals surface area (Å²) in [6.45, 7) is 14.5. The van der Waals surface area contributed by atoms with Gasteiger partial charge in [-0.3, -0.25) is 9.59 Å². The Morgan fingerprint density at radius 3 is 2.23 bits per heavy atom. The Kier molecular flexibility index (Phi) is 6.07. The van der Waals surface area contributed by atoms with E-state index in [0.29, 0.717) is 40.9 Å². The number of fused-ring (bicyclic) bond motifs is 5. The standard InChI is InChI=1S/C27H42O4/c1-7-16(2)21-8-9-22-25-23(11-13-27(21,22)6)26(5)12-10-20(30-17(3)28)14-19(26)15-24(25)31-18(4)29/h7,16,19-25H,1,8-15H2,2-6H3/t16-,19+,20-,21-,22+,23+,24-,25+,26+,27-/m1/s1. The summed E-state index contributed by atoms with van der Waals surface area (Å²) in [4.78, 5) is 23.7. The molecule has 4 fully saturated rings. The van der Waals surface area contributed by atoms with E-state index in [1.165, 1.54) is 32.6 Å². The van der Waals surface area contributed by atoms with Crippen LogP contribution in [-0.4, -0.2) is 24.1 Å². The van der Waals surface area contributed by atoms with Crippen molar-refractivity contribution in [2.75, 3.05) is 0 Å². The number of hydrogen-bond donors (Lipinski definition) is 0. The molecule has 31 heavy (non-hydrogen) atoms. The second kappa shape index (κ2) is 8.23. The largest absolute Gasteiger partial charge is 0.463 e. The Labute approximate surface area is 188 Å². The van der Waals surface area contributed by atoms with Gasteiger partial charge in [0, 0.05) is 19.8 Å². The quantitative estimate of drug-likeness (QED) is 0.409. The summed E-state index contributed by atoms with van der Waals surface area (Å²) in [5.74, 6) is 2.99. The number of ether oxygens (including phenoxy) is 2. The van der Waals surface area contributed by atoms with E-state index in [-0.39, 0.29) is 29.6 Å². The summed E-state index contributed by atoms with van der Waals surface area (Å²) < 4.78 is 11.7. The van der Waals surface area contributed by atoms with E-state index in [2.05, 4.69) is 33.4 Å². The Morgan fingerprint density at radius 2 is 1.58 bits per heavy atom. The zero-order valence-electron chi connectivity index (χ0n) is 20.2. The predicted molar refractivity (Wildman–Crippen MR) is 121 cm³/mol. The number of allylic oxidation sites excluding steroid dienone is 1. The molecule has 0 radical (unpaired) electrons. The molecule has 4 saturated carbocycles. The van der Waals surface area contributed by atoms with Crippen molar-refractivity contribution in [3.8, 4) is 0 Å². The van der Waals surface area contributed by atoms with E-state index in [4.69, 9.17) is 9.47 Å². The van der Waals surface area contributed by atoms with Crippen molar-refractivity contribution in [3.63, 3.8) is 0 Å². The molecule has 4 aliphatic rings. The molecular weight excluding hydrogens is 388 g/mol. The third kappa shape index (κ3) is 3.76. The average molecular weight is 431 g/mol. The maximum Gasteiger partial charge on any atom is 0.302 e. The Hall–Kier alpha value is -1.32. The highest BCUT2D eigenvalue weighted by Gasteiger charge is 2.63. The maximum atomic E-state index is 12.1. The van der Waals surface area contributed by atoms with E-state index in [0.717, 1.165) is 25.7 Å². The molecule has 0 aromatic carbocycles. The fourth-order valence-corrected chi connectivity index (χ4v) is 8.90. The van der Waals surface area contributed by atoms with Gasteiger partial charge < -0.3 is 9.47 Å². The first-order chi connectivity index (χ1) is 14.6. The second-order valence-corrected chi connectivity index (χ2v) is 11.7. The van der Waals surface area contributed by atoms with E-state index in [1.807, 2.05) is 0 Å². The molecule has 0 bridgehead atoms. The molecule has 0 aromatic heterocycles. The number of esters is 2. The summed E-state index contributed by atoms with van der Waals surface area (Å²) in [6, 6.07) is 0. The van der Waals surface area contributed by atoms with Gasteiger partial charge in [0.25, 0.3) is 0 Å². The van der Waals surface area contributed by atoms with Crippen molar-refractivity contribution in [3.05, 3.63) is 12.7 Å². The number of rotatable bonds is 4. The minimum absolute atomic E-state index is 0.000865. The van der Waals surface area contributed by atoms with Crippen molar-refractivity contribution in [2.24, 2.45) is 46.3 Å². The van der Waals surface area contributed by atoms with Crippen LogP contribution in [0, 0.1) is 46.3 Å². The Morgan fingerprint density at radius 1 is 0.935 bits per heavy atom. The zero-order valence-corrected chi connectivity index (χ0v) is 20.2. The first kappa shape index (κ1) is 22.9. The van der Waals surface area contributed by atoms with Crippen molar-refractivity contribution >= 4 is 11.9 Å². The molecule has 4 nitrogen and oxygen atoms in total. The van der Waals surface area contributed by atoms with E-state index in [1.54, 1.807) is 6.92 Å². The third-order valence-corrected chi connectivity index (χ3v) is 10.3. The lowest BCUT2D eigenvalue weighted by Crippen LogP contribution is -2.59. The van der Waals surface area contributed by atoms with Gasteiger partial charge in [0.1, 0.15) is 12.2 Å². The smallest absolute Gasteiger partial charge is 0.302 e. The Bertz CT molecular complexity index is 731. The predicted octanol–water partition coefficient (Wildman–Crippen LogP) is 5.94. The SMILES string of the molecule is C=C[C@@H](C)[C@H]1CC[C@H]2[C@@H]3[C@H](OC(C)=O)C[C@@H]4C[C@H](OC(C)=O)CC[C@]4(C)[C@H]3CC[C@]12C. The minimum Gasteiger partial charge on any atom is -0.463 e. The molecule has 174 valence electrons. The van der Waals surface area contributed by atoms with Crippen LogP contribution in [0.15, 0.2) is 12.7 Å². The minimum atomic E-state index is -0.180. The normalized spacial score (nSPS) is 47.3. The molecule has 0 saturated heterocycles. The van der Waals surface area contributed by atoms with Crippen LogP contribution in [-0.2, 0) is 19.1 Å². The number of carbonyl (C=O) groups excluding carboxylic acids is 2. The summed E-state index contributed by atoms with van der Waals surface area (Å²) >= 11 is 0. The fourth-order valence-electron chi connectivity index (χ4n) is 8.90. The number of hydrogen-bond acceptors (Lipinski definition) is 4. The first-order valence-corrected chi connectivity index (χ1v) is 12.6. The van der Waals surface area contributed by atoms with Crippen molar-refractivity contribution in [1.29, 1.82) is 0 Å². The monoisotopic (exact) mass is 430 g/mol. The van der Waals surface area contributed by atoms with Crippen LogP contribution in [0.3, 0.4) is 0 Å². The molecule has 0 N–H and O–H groups in total. The van der Waals surface area contributed by atoms with Crippen LogP contribution in [0.25, 0.3) is 0 Å². The molecule has 0 aromatic rings. The molecular formula is C27H42O4. The van der Waals surface area contributed by atoms with Crippen LogP contribution in [0.5, 0.6) is 0 Å². The van der Waals surface area contributed by atoms with Crippen LogP contribution in [0.2, 0.25) is 0 Å². The summed E-state index contributed by atoms with van der Waals surface area (Å²) in [5, 5.41) is 0. The van der Waals surface area contributed by atoms with Crippen LogP contribution in [0.4, 0.5) is 0 Å². The summed E-state index contributed by atoms with van der Waals surface area (Å²) in [5.41, 5.74) is 0.562. The van der Waals surface area contributed by atoms with E-state index >= 15 is 0 Å². The van der Waals surface area contributed by atoms with Gasteiger partial charge in [-0.1, -0.05) is 26.8 Å². The first-order valence-electron chi connectivity index (χ1n) is 12.6. The van der Waals surface area contributed by atoms with E-state index in [9.17, 15) is 9.59 Å². The van der Waals surface area contributed by atoms with Gasteiger partial charge in [0.2, 0.25) is 0 Å². The topological polar surface area (TPSA) is 52.6 Å². The zero-order chi connectivity index (χ0) is 22.6. The highest BCUT2D eigenvalue weighted by atomic mass is 16.5. The van der Waals surface area contributed by atoms with Crippen LogP contribution >= 0.6 is 0 Å². The van der Waals surface area contributed by atoms with Crippen molar-refractivity contribution in [1.82, 2.24) is 0 Å². The second-order valence-electron chi connectivity index (χ2n) is 11.7. The average Bonchev–Trinajstić information content (AvgIpc) is 3.04. The lowest BCUT2D eigenvalue weighted by Gasteiger charge is -2.62. The number of carbonyl (C=O) groups is 2. The molecule has 0 heterocycles.